The lowest BCUT2D eigenvalue weighted by atomic mass is 9.98. The summed E-state index contributed by atoms with van der Waals surface area (Å²) in [7, 11) is 0. The van der Waals surface area contributed by atoms with Crippen LogP contribution in [0.15, 0.2) is 60.9 Å². The summed E-state index contributed by atoms with van der Waals surface area (Å²) in [5.41, 5.74) is 15.0. The zero-order chi connectivity index (χ0) is 43.9. The van der Waals surface area contributed by atoms with Crippen LogP contribution in [0.5, 0.6) is 0 Å². The first-order chi connectivity index (χ1) is 28.6. The number of hydrogen-bond acceptors (Lipinski definition) is 9. The number of carbonyl (C=O) groups excluding carboxylic acids is 5. The standard InChI is InChI=1S/C43H61N9O8/c1-24(2)17-34(39(55)48-33(43(59)60)15-9-10-16-44)49-40(56)35(18-25(3)4)50-41(57)36(20-27-22-47-32-14-8-6-12-29(27)32)51-42(58)37(23-53)52-38(54)30(45)19-26-21-46-31-13-7-5-11-28(26)31/h5-8,11-14,21-22,24-25,30,33-37,46-47,53H,9-10,15-20,23,44-45H2,1-4H3,(H,48,55)(H,49,56)(H,50,57)(H,51,58)(H,52,54)(H,59,60)/t30-,33-,34-,35-,36-,37-/m0/s1. The van der Waals surface area contributed by atoms with Crippen molar-refractivity contribution in [2.24, 2.45) is 23.3 Å². The average molecular weight is 832 g/mol. The van der Waals surface area contributed by atoms with E-state index >= 15 is 0 Å². The molecule has 0 spiro atoms. The maximum Gasteiger partial charge on any atom is 0.326 e. The number of aliphatic hydroxyl groups is 1. The summed E-state index contributed by atoms with van der Waals surface area (Å²) in [6.45, 7) is 6.99. The van der Waals surface area contributed by atoms with Gasteiger partial charge in [0.25, 0.3) is 0 Å². The van der Waals surface area contributed by atoms with E-state index in [1.165, 1.54) is 0 Å². The molecule has 0 saturated heterocycles. The molecule has 5 amide bonds. The molecule has 0 radical (unpaired) electrons. The molecule has 2 heterocycles. The van der Waals surface area contributed by atoms with E-state index in [0.29, 0.717) is 24.9 Å². The highest BCUT2D eigenvalue weighted by molar-refractivity contribution is 5.97. The van der Waals surface area contributed by atoms with Crippen LogP contribution < -0.4 is 38.1 Å². The molecule has 4 aromatic rings. The number of aliphatic carboxylic acids is 1. The molecule has 0 aliphatic carbocycles. The van der Waals surface area contributed by atoms with Crippen molar-refractivity contribution in [2.45, 2.75) is 109 Å². The Bertz CT molecular complexity index is 2080. The van der Waals surface area contributed by atoms with Crippen molar-refractivity contribution in [3.63, 3.8) is 0 Å². The average Bonchev–Trinajstić information content (AvgIpc) is 3.81. The number of aliphatic hydroxyl groups excluding tert-OH is 1. The molecule has 0 aliphatic heterocycles. The molecule has 0 unspecified atom stereocenters. The van der Waals surface area contributed by atoms with Crippen molar-refractivity contribution in [1.29, 1.82) is 0 Å². The lowest BCUT2D eigenvalue weighted by Crippen LogP contribution is -2.60. The number of amides is 5. The fourth-order valence-electron chi connectivity index (χ4n) is 7.08. The molecule has 0 saturated carbocycles. The smallest absolute Gasteiger partial charge is 0.326 e. The van der Waals surface area contributed by atoms with Crippen molar-refractivity contribution in [3.05, 3.63) is 72.1 Å². The van der Waals surface area contributed by atoms with E-state index in [4.69, 9.17) is 11.5 Å². The molecule has 6 atom stereocenters. The number of nitrogens with two attached hydrogens (primary N) is 2. The Morgan fingerprint density at radius 3 is 1.52 bits per heavy atom. The van der Waals surface area contributed by atoms with Crippen LogP contribution in [-0.2, 0) is 41.6 Å². The topological polar surface area (TPSA) is 287 Å². The van der Waals surface area contributed by atoms with E-state index in [-0.39, 0.29) is 43.9 Å². The maximum atomic E-state index is 14.3. The Balaban J connectivity index is 1.53. The third-order valence-corrected chi connectivity index (χ3v) is 10.2. The summed E-state index contributed by atoms with van der Waals surface area (Å²) in [5.74, 6) is -5.01. The molecule has 2 aromatic heterocycles. The Hall–Kier alpha value is -5.78. The Labute approximate surface area is 349 Å². The number of aromatic amines is 2. The number of H-pyrrole nitrogens is 2. The fraction of sp³-hybridized carbons (Fsp3) is 0.488. The predicted molar refractivity (Wildman–Crippen MR) is 228 cm³/mol. The van der Waals surface area contributed by atoms with E-state index in [1.807, 2.05) is 76.2 Å². The van der Waals surface area contributed by atoms with Gasteiger partial charge in [-0.3, -0.25) is 24.0 Å². The number of benzene rings is 2. The van der Waals surface area contributed by atoms with E-state index in [0.717, 1.165) is 27.4 Å². The van der Waals surface area contributed by atoms with Gasteiger partial charge in [0.2, 0.25) is 29.5 Å². The second-order valence-electron chi connectivity index (χ2n) is 16.1. The van der Waals surface area contributed by atoms with E-state index in [9.17, 15) is 39.0 Å². The molecule has 0 bridgehead atoms. The largest absolute Gasteiger partial charge is 0.480 e. The molecular formula is C43H61N9O8. The molecule has 0 fully saturated rings. The number of aromatic nitrogens is 2. The van der Waals surface area contributed by atoms with Gasteiger partial charge in [-0.1, -0.05) is 64.1 Å². The van der Waals surface area contributed by atoms with Crippen molar-refractivity contribution in [2.75, 3.05) is 13.2 Å². The summed E-state index contributed by atoms with van der Waals surface area (Å²) < 4.78 is 0. The number of nitrogens with one attached hydrogen (secondary N) is 7. The number of rotatable bonds is 24. The number of carboxylic acids is 1. The SMILES string of the molecule is CC(C)C[C@H](NC(=O)[C@H](CC(C)C)NC(=O)[C@H](Cc1c[nH]c2ccccc12)NC(=O)[C@H](CO)NC(=O)[C@@H](N)Cc1c[nH]c2ccccc12)C(=O)N[C@@H](CCCCN)C(=O)O. The first-order valence-corrected chi connectivity index (χ1v) is 20.5. The minimum absolute atomic E-state index is 0.0388. The number of carbonyl (C=O) groups is 6. The van der Waals surface area contributed by atoms with Crippen LogP contribution in [0.4, 0.5) is 0 Å². The molecule has 0 aliphatic rings. The van der Waals surface area contributed by atoms with Gasteiger partial charge in [-0.15, -0.1) is 0 Å². The molecule has 4 rings (SSSR count). The van der Waals surface area contributed by atoms with Gasteiger partial charge in [0.1, 0.15) is 30.2 Å². The summed E-state index contributed by atoms with van der Waals surface area (Å²) >= 11 is 0. The van der Waals surface area contributed by atoms with Crippen molar-refractivity contribution < 1.29 is 39.0 Å². The highest BCUT2D eigenvalue weighted by Crippen LogP contribution is 2.21. The van der Waals surface area contributed by atoms with Crippen LogP contribution in [0.1, 0.15) is 70.9 Å². The quantitative estimate of drug-likeness (QED) is 0.0453. The van der Waals surface area contributed by atoms with Crippen LogP contribution in [0.25, 0.3) is 21.8 Å². The lowest BCUT2D eigenvalue weighted by molar-refractivity contribution is -0.142. The normalized spacial score (nSPS) is 14.6. The van der Waals surface area contributed by atoms with Crippen LogP contribution >= 0.6 is 0 Å². The third kappa shape index (κ3) is 13.4. The second kappa shape index (κ2) is 22.6. The van der Waals surface area contributed by atoms with Gasteiger partial charge in [0.15, 0.2) is 0 Å². The first kappa shape index (κ1) is 46.9. The molecule has 326 valence electrons. The minimum Gasteiger partial charge on any atom is -0.480 e. The monoisotopic (exact) mass is 831 g/mol. The molecule has 60 heavy (non-hydrogen) atoms. The van der Waals surface area contributed by atoms with Gasteiger partial charge < -0.3 is 58.2 Å². The second-order valence-corrected chi connectivity index (χ2v) is 16.1. The summed E-state index contributed by atoms with van der Waals surface area (Å²) in [6, 6.07) is 7.61. The number of fused-ring (bicyclic) bond motifs is 2. The molecule has 2 aromatic carbocycles. The zero-order valence-electron chi connectivity index (χ0n) is 34.8. The van der Waals surface area contributed by atoms with Gasteiger partial charge >= 0.3 is 5.97 Å². The predicted octanol–water partition coefficient (Wildman–Crippen LogP) is 1.48. The summed E-state index contributed by atoms with van der Waals surface area (Å²) in [6.07, 6.45) is 5.15. The number of hydrogen-bond donors (Lipinski definition) is 11. The van der Waals surface area contributed by atoms with Gasteiger partial charge in [-0.2, -0.15) is 0 Å². The minimum atomic E-state index is -1.47. The van der Waals surface area contributed by atoms with E-state index in [1.54, 1.807) is 12.4 Å². The third-order valence-electron chi connectivity index (χ3n) is 10.2. The van der Waals surface area contributed by atoms with Crippen molar-refractivity contribution >= 4 is 57.3 Å². The first-order valence-electron chi connectivity index (χ1n) is 20.5. The maximum absolute atomic E-state index is 14.3. The molecule has 17 heteroatoms. The highest BCUT2D eigenvalue weighted by Gasteiger charge is 2.34. The summed E-state index contributed by atoms with van der Waals surface area (Å²) in [4.78, 5) is 87.0. The highest BCUT2D eigenvalue weighted by atomic mass is 16.4. The van der Waals surface area contributed by atoms with E-state index < -0.39 is 78.4 Å². The van der Waals surface area contributed by atoms with Gasteiger partial charge in [-0.25, -0.2) is 4.79 Å². The zero-order valence-corrected chi connectivity index (χ0v) is 34.8. The Morgan fingerprint density at radius 1 is 0.600 bits per heavy atom. The summed E-state index contributed by atoms with van der Waals surface area (Å²) in [5, 5.41) is 35.0. The van der Waals surface area contributed by atoms with Crippen LogP contribution in [0.2, 0.25) is 0 Å². The van der Waals surface area contributed by atoms with Gasteiger partial charge in [0, 0.05) is 40.6 Å². The van der Waals surface area contributed by atoms with Gasteiger partial charge in [-0.05, 0) is 80.2 Å². The Kier molecular flexibility index (Phi) is 17.6. The van der Waals surface area contributed by atoms with Crippen LogP contribution in [0, 0.1) is 11.8 Å². The number of carboxylic acid groups (broad SMARTS) is 1. The molecular weight excluding hydrogens is 771 g/mol. The lowest BCUT2D eigenvalue weighted by Gasteiger charge is -2.28. The Morgan fingerprint density at radius 2 is 1.03 bits per heavy atom. The molecule has 17 nitrogen and oxygen atoms in total. The van der Waals surface area contributed by atoms with E-state index in [2.05, 4.69) is 36.6 Å². The molecule has 13 N–H and O–H groups in total. The van der Waals surface area contributed by atoms with Crippen LogP contribution in [0.3, 0.4) is 0 Å². The van der Waals surface area contributed by atoms with Gasteiger partial charge in [0.05, 0.1) is 12.6 Å². The van der Waals surface area contributed by atoms with Crippen LogP contribution in [-0.4, -0.2) is 105 Å². The van der Waals surface area contributed by atoms with Crippen molar-refractivity contribution in [3.8, 4) is 0 Å². The van der Waals surface area contributed by atoms with Crippen molar-refractivity contribution in [1.82, 2.24) is 36.6 Å². The number of unbranched alkanes of at least 4 members (excludes halogenated alkanes) is 1. The fourth-order valence-corrected chi connectivity index (χ4v) is 7.08. The number of para-hydroxylation sites is 2.